The zero-order valence-electron chi connectivity index (χ0n) is 8.52. The number of nitrogens with two attached hydrogens (primary N) is 1. The Labute approximate surface area is 96.3 Å². The molecule has 0 aliphatic rings. The first-order valence-electron chi connectivity index (χ1n) is 4.53. The molecule has 0 amide bonds. The van der Waals surface area contributed by atoms with Gasteiger partial charge in [-0.25, -0.2) is 5.43 Å². The summed E-state index contributed by atoms with van der Waals surface area (Å²) in [7, 11) is 0. The lowest BCUT2D eigenvalue weighted by Crippen LogP contribution is -2.28. The summed E-state index contributed by atoms with van der Waals surface area (Å²) in [5.41, 5.74) is 5.02. The molecule has 1 atom stereocenters. The third-order valence-corrected chi connectivity index (χ3v) is 4.25. The molecular weight excluding hydrogens is 228 g/mol. The van der Waals surface area contributed by atoms with E-state index in [1.54, 1.807) is 11.3 Å². The molecule has 0 saturated heterocycles. The molecule has 0 radical (unpaired) electrons. The first kappa shape index (κ1) is 10.7. The van der Waals surface area contributed by atoms with Crippen molar-refractivity contribution in [2.24, 2.45) is 5.84 Å². The van der Waals surface area contributed by atoms with Crippen LogP contribution in [0.4, 0.5) is 0 Å². The van der Waals surface area contributed by atoms with Crippen molar-refractivity contribution in [1.29, 1.82) is 0 Å². The zero-order valence-corrected chi connectivity index (χ0v) is 10.2. The number of rotatable bonds is 3. The molecule has 0 bridgehead atoms. The second kappa shape index (κ2) is 4.36. The van der Waals surface area contributed by atoms with Gasteiger partial charge in [0, 0.05) is 4.88 Å². The van der Waals surface area contributed by atoms with Crippen LogP contribution in [0.25, 0.3) is 0 Å². The van der Waals surface area contributed by atoms with Crippen LogP contribution in [0.1, 0.15) is 27.1 Å². The van der Waals surface area contributed by atoms with Crippen LogP contribution >= 0.6 is 22.9 Å². The van der Waals surface area contributed by atoms with Gasteiger partial charge in [0.2, 0.25) is 0 Å². The molecule has 1 unspecified atom stereocenters. The van der Waals surface area contributed by atoms with E-state index in [-0.39, 0.29) is 6.04 Å². The fourth-order valence-electron chi connectivity index (χ4n) is 1.45. The standard InChI is InChI=1S/C9H12N4S2/c1-5-3-4-14-8(5)7(11-10)9-6(2)12-13-15-9/h3-4,7,11H,10H2,1-2H3. The van der Waals surface area contributed by atoms with Gasteiger partial charge in [0.25, 0.3) is 0 Å². The number of thiophene rings is 1. The summed E-state index contributed by atoms with van der Waals surface area (Å²) >= 11 is 3.09. The Kier molecular flexibility index (Phi) is 3.11. The Morgan fingerprint density at radius 3 is 2.67 bits per heavy atom. The van der Waals surface area contributed by atoms with Gasteiger partial charge in [0.1, 0.15) is 0 Å². The van der Waals surface area contributed by atoms with Gasteiger partial charge < -0.3 is 0 Å². The monoisotopic (exact) mass is 240 g/mol. The molecule has 0 spiro atoms. The van der Waals surface area contributed by atoms with Crippen LogP contribution < -0.4 is 11.3 Å². The molecule has 0 aliphatic carbocycles. The van der Waals surface area contributed by atoms with Crippen molar-refractivity contribution in [1.82, 2.24) is 15.0 Å². The number of hydrogen-bond donors (Lipinski definition) is 2. The van der Waals surface area contributed by atoms with Crippen LogP contribution in [-0.2, 0) is 0 Å². The maximum Gasteiger partial charge on any atom is 0.0932 e. The molecule has 80 valence electrons. The fourth-order valence-corrected chi connectivity index (χ4v) is 3.24. The number of aryl methyl sites for hydroxylation is 2. The Bertz CT molecular complexity index is 408. The number of aromatic nitrogens is 2. The highest BCUT2D eigenvalue weighted by molar-refractivity contribution is 7.10. The van der Waals surface area contributed by atoms with Crippen LogP contribution in [0.2, 0.25) is 0 Å². The average Bonchev–Trinajstić information content (AvgIpc) is 2.80. The Balaban J connectivity index is 2.41. The highest BCUT2D eigenvalue weighted by atomic mass is 32.1. The van der Waals surface area contributed by atoms with E-state index in [0.717, 1.165) is 10.6 Å². The highest BCUT2D eigenvalue weighted by Crippen LogP contribution is 2.31. The van der Waals surface area contributed by atoms with Crippen molar-refractivity contribution >= 4 is 22.9 Å². The minimum atomic E-state index is 0.0185. The van der Waals surface area contributed by atoms with E-state index in [9.17, 15) is 0 Å². The van der Waals surface area contributed by atoms with Crippen LogP contribution in [0, 0.1) is 13.8 Å². The zero-order chi connectivity index (χ0) is 10.8. The summed E-state index contributed by atoms with van der Waals surface area (Å²) in [6.07, 6.45) is 0. The molecule has 0 fully saturated rings. The first-order valence-corrected chi connectivity index (χ1v) is 6.18. The maximum absolute atomic E-state index is 5.60. The average molecular weight is 240 g/mol. The SMILES string of the molecule is Cc1ccsc1C(NN)c1snnc1C. The van der Waals surface area contributed by atoms with Gasteiger partial charge in [-0.2, -0.15) is 0 Å². The minimum absolute atomic E-state index is 0.0185. The third kappa shape index (κ3) is 1.93. The molecule has 2 aromatic heterocycles. The van der Waals surface area contributed by atoms with E-state index in [0.29, 0.717) is 0 Å². The number of nitrogens with one attached hydrogen (secondary N) is 1. The van der Waals surface area contributed by atoms with Crippen molar-refractivity contribution < 1.29 is 0 Å². The largest absolute Gasteiger partial charge is 0.271 e. The predicted octanol–water partition coefficient (Wildman–Crippen LogP) is 1.77. The van der Waals surface area contributed by atoms with Crippen LogP contribution in [0.3, 0.4) is 0 Å². The summed E-state index contributed by atoms with van der Waals surface area (Å²) in [5.74, 6) is 5.60. The quantitative estimate of drug-likeness (QED) is 0.634. The van der Waals surface area contributed by atoms with Gasteiger partial charge in [-0.3, -0.25) is 5.84 Å². The Morgan fingerprint density at radius 2 is 2.20 bits per heavy atom. The summed E-state index contributed by atoms with van der Waals surface area (Å²) in [6.45, 7) is 4.03. The van der Waals surface area contributed by atoms with Gasteiger partial charge in [0.15, 0.2) is 0 Å². The number of nitrogens with zero attached hydrogens (tertiary/aromatic N) is 2. The van der Waals surface area contributed by atoms with Crippen molar-refractivity contribution in [2.45, 2.75) is 19.9 Å². The molecule has 2 rings (SSSR count). The highest BCUT2D eigenvalue weighted by Gasteiger charge is 2.20. The summed E-state index contributed by atoms with van der Waals surface area (Å²) in [4.78, 5) is 2.31. The van der Waals surface area contributed by atoms with Crippen molar-refractivity contribution in [2.75, 3.05) is 0 Å². The third-order valence-electron chi connectivity index (χ3n) is 2.28. The number of hydrazine groups is 1. The fraction of sp³-hybridized carbons (Fsp3) is 0.333. The molecule has 4 nitrogen and oxygen atoms in total. The van der Waals surface area contributed by atoms with Crippen LogP contribution in [0.15, 0.2) is 11.4 Å². The molecule has 0 aromatic carbocycles. The van der Waals surface area contributed by atoms with Crippen molar-refractivity contribution in [3.05, 3.63) is 32.5 Å². The van der Waals surface area contributed by atoms with Crippen LogP contribution in [0.5, 0.6) is 0 Å². The van der Waals surface area contributed by atoms with Crippen molar-refractivity contribution in [3.8, 4) is 0 Å². The van der Waals surface area contributed by atoms with Gasteiger partial charge in [-0.15, -0.1) is 16.4 Å². The van der Waals surface area contributed by atoms with E-state index < -0.39 is 0 Å². The summed E-state index contributed by atoms with van der Waals surface area (Å²) < 4.78 is 3.93. The van der Waals surface area contributed by atoms with Gasteiger partial charge >= 0.3 is 0 Å². The second-order valence-corrected chi connectivity index (χ2v) is 5.02. The summed E-state index contributed by atoms with van der Waals surface area (Å²) in [6, 6.07) is 2.11. The normalized spacial score (nSPS) is 13.0. The smallest absolute Gasteiger partial charge is 0.0932 e. The van der Waals surface area contributed by atoms with Gasteiger partial charge in [0.05, 0.1) is 16.6 Å². The lowest BCUT2D eigenvalue weighted by atomic mass is 10.1. The molecule has 2 aromatic rings. The van der Waals surface area contributed by atoms with Crippen molar-refractivity contribution in [3.63, 3.8) is 0 Å². The topological polar surface area (TPSA) is 63.8 Å². The van der Waals surface area contributed by atoms with E-state index in [4.69, 9.17) is 5.84 Å². The van der Waals surface area contributed by atoms with Gasteiger partial charge in [-0.1, -0.05) is 4.49 Å². The molecule has 3 N–H and O–H groups in total. The molecular formula is C9H12N4S2. The second-order valence-electron chi connectivity index (χ2n) is 3.29. The lowest BCUT2D eigenvalue weighted by molar-refractivity contribution is 0.649. The lowest BCUT2D eigenvalue weighted by Gasteiger charge is -2.13. The predicted molar refractivity (Wildman–Crippen MR) is 62.9 cm³/mol. The van der Waals surface area contributed by atoms with E-state index >= 15 is 0 Å². The Morgan fingerprint density at radius 1 is 1.40 bits per heavy atom. The minimum Gasteiger partial charge on any atom is -0.271 e. The van der Waals surface area contributed by atoms with Gasteiger partial charge in [-0.05, 0) is 42.4 Å². The van der Waals surface area contributed by atoms with E-state index in [1.807, 2.05) is 6.92 Å². The molecule has 0 saturated carbocycles. The van der Waals surface area contributed by atoms with E-state index in [2.05, 4.69) is 33.4 Å². The van der Waals surface area contributed by atoms with Crippen LogP contribution in [-0.4, -0.2) is 9.59 Å². The Hall–Kier alpha value is -0.820. The summed E-state index contributed by atoms with van der Waals surface area (Å²) in [5, 5.41) is 6.07. The molecule has 6 heteroatoms. The molecule has 2 heterocycles. The van der Waals surface area contributed by atoms with E-state index in [1.165, 1.54) is 22.0 Å². The molecule has 0 aliphatic heterocycles. The number of hydrogen-bond acceptors (Lipinski definition) is 6. The maximum atomic E-state index is 5.60. The molecule has 15 heavy (non-hydrogen) atoms. The first-order chi connectivity index (χ1) is 7.24.